The molecule has 1 aliphatic heterocycles. The normalized spacial score (nSPS) is 14.4. The molecule has 0 atom stereocenters. The zero-order valence-electron chi connectivity index (χ0n) is 8.68. The second-order valence-corrected chi connectivity index (χ2v) is 4.25. The molecule has 1 aromatic rings. The average Bonchev–Trinajstić information content (AvgIpc) is 2.59. The van der Waals surface area contributed by atoms with E-state index in [0.29, 0.717) is 0 Å². The van der Waals surface area contributed by atoms with Gasteiger partial charge in [0, 0.05) is 12.2 Å². The second-order valence-electron chi connectivity index (χ2n) is 3.44. The molecule has 1 aromatic carbocycles. The first-order valence-corrected chi connectivity index (χ1v) is 5.46. The Balaban J connectivity index is 2.56. The van der Waals surface area contributed by atoms with Crippen molar-refractivity contribution in [2.45, 2.75) is 0 Å². The highest BCUT2D eigenvalue weighted by atomic mass is 35.5. The van der Waals surface area contributed by atoms with Gasteiger partial charge in [0.05, 0.1) is 21.3 Å². The number of carboxylic acid groups (broad SMARTS) is 1. The third-order valence-electron chi connectivity index (χ3n) is 2.30. The lowest BCUT2D eigenvalue weighted by molar-refractivity contribution is -0.119. The molecule has 1 heterocycles. The van der Waals surface area contributed by atoms with Crippen LogP contribution in [0.2, 0.25) is 10.0 Å². The molecule has 1 aliphatic rings. The molecule has 2 amide bonds. The van der Waals surface area contributed by atoms with Gasteiger partial charge in [0.2, 0.25) is 0 Å². The summed E-state index contributed by atoms with van der Waals surface area (Å²) in [6, 6.07) is 2.26. The van der Waals surface area contributed by atoms with E-state index in [1.807, 2.05) is 0 Å². The minimum Gasteiger partial charge on any atom is -0.478 e. The Hall–Kier alpha value is -1.85. The van der Waals surface area contributed by atoms with Crippen molar-refractivity contribution in [3.63, 3.8) is 0 Å². The second kappa shape index (κ2) is 4.44. The molecule has 0 saturated heterocycles. The molecule has 0 aromatic heterocycles. The van der Waals surface area contributed by atoms with Crippen LogP contribution < -0.4 is 4.90 Å². The number of carbonyl (C=O) groups excluding carboxylic acids is 2. The Bertz CT molecular complexity index is 568. The van der Waals surface area contributed by atoms with Crippen molar-refractivity contribution >= 4 is 46.7 Å². The molecule has 0 unspecified atom stereocenters. The van der Waals surface area contributed by atoms with E-state index in [9.17, 15) is 14.4 Å². The van der Waals surface area contributed by atoms with Crippen molar-refractivity contribution in [1.82, 2.24) is 0 Å². The number of hydrogen-bond acceptors (Lipinski definition) is 3. The van der Waals surface area contributed by atoms with Gasteiger partial charge in [0.25, 0.3) is 11.8 Å². The first kappa shape index (κ1) is 12.6. The SMILES string of the molecule is O=C(O)c1cc(Cl)c(N2C(=O)C=CC2=O)c(Cl)c1. The number of hydrogen-bond donors (Lipinski definition) is 1. The smallest absolute Gasteiger partial charge is 0.335 e. The summed E-state index contributed by atoms with van der Waals surface area (Å²) in [6.45, 7) is 0. The standard InChI is InChI=1S/C11H5Cl2NO4/c12-6-3-5(11(17)18)4-7(13)10(6)14-8(15)1-2-9(14)16/h1-4H,(H,17,18). The van der Waals surface area contributed by atoms with Crippen molar-refractivity contribution < 1.29 is 19.5 Å². The Morgan fingerprint density at radius 1 is 1.06 bits per heavy atom. The zero-order valence-corrected chi connectivity index (χ0v) is 10.2. The van der Waals surface area contributed by atoms with Crippen LogP contribution in [0.15, 0.2) is 24.3 Å². The summed E-state index contributed by atoms with van der Waals surface area (Å²) in [6.07, 6.45) is 2.17. The Labute approximate surface area is 111 Å². The minimum atomic E-state index is -1.21. The summed E-state index contributed by atoms with van der Waals surface area (Å²) in [4.78, 5) is 34.6. The molecule has 2 rings (SSSR count). The van der Waals surface area contributed by atoms with Crippen LogP contribution >= 0.6 is 23.2 Å². The van der Waals surface area contributed by atoms with Crippen molar-refractivity contribution in [3.8, 4) is 0 Å². The number of aromatic carboxylic acids is 1. The number of carboxylic acids is 1. The molecule has 0 saturated carbocycles. The molecule has 1 N–H and O–H groups in total. The van der Waals surface area contributed by atoms with Crippen LogP contribution in [-0.4, -0.2) is 22.9 Å². The van der Waals surface area contributed by atoms with Gasteiger partial charge < -0.3 is 5.11 Å². The van der Waals surface area contributed by atoms with E-state index in [1.54, 1.807) is 0 Å². The van der Waals surface area contributed by atoms with Crippen LogP contribution in [0.5, 0.6) is 0 Å². The van der Waals surface area contributed by atoms with Gasteiger partial charge in [-0.2, -0.15) is 0 Å². The number of amides is 2. The van der Waals surface area contributed by atoms with Crippen LogP contribution in [0.4, 0.5) is 5.69 Å². The predicted octanol–water partition coefficient (Wildman–Crippen LogP) is 2.12. The van der Waals surface area contributed by atoms with Gasteiger partial charge in [-0.15, -0.1) is 0 Å². The lowest BCUT2D eigenvalue weighted by atomic mass is 10.2. The minimum absolute atomic E-state index is 0.0108. The summed E-state index contributed by atoms with van der Waals surface area (Å²) in [5.41, 5.74) is -0.135. The quantitative estimate of drug-likeness (QED) is 0.845. The topological polar surface area (TPSA) is 74.7 Å². The third-order valence-corrected chi connectivity index (χ3v) is 2.87. The number of anilines is 1. The maximum absolute atomic E-state index is 11.5. The molecule has 0 spiro atoms. The van der Waals surface area contributed by atoms with Gasteiger partial charge in [0.1, 0.15) is 0 Å². The number of halogens is 2. The summed E-state index contributed by atoms with van der Waals surface area (Å²) < 4.78 is 0. The van der Waals surface area contributed by atoms with E-state index in [2.05, 4.69) is 0 Å². The molecule has 0 aliphatic carbocycles. The van der Waals surface area contributed by atoms with Gasteiger partial charge in [-0.25, -0.2) is 9.69 Å². The first-order valence-electron chi connectivity index (χ1n) is 4.70. The Kier molecular flexibility index (Phi) is 3.11. The molecular weight excluding hydrogens is 281 g/mol. The summed E-state index contributed by atoms with van der Waals surface area (Å²) in [7, 11) is 0. The number of benzene rings is 1. The molecule has 0 bridgehead atoms. The van der Waals surface area contributed by atoms with Crippen LogP contribution in [0.3, 0.4) is 0 Å². The van der Waals surface area contributed by atoms with Crippen LogP contribution in [0, 0.1) is 0 Å². The number of nitrogens with zero attached hydrogens (tertiary/aromatic N) is 1. The van der Waals surface area contributed by atoms with Crippen LogP contribution in [0.25, 0.3) is 0 Å². The van der Waals surface area contributed by atoms with E-state index in [4.69, 9.17) is 28.3 Å². The van der Waals surface area contributed by atoms with Crippen molar-refractivity contribution in [2.24, 2.45) is 0 Å². The lowest BCUT2D eigenvalue weighted by Gasteiger charge is -2.17. The van der Waals surface area contributed by atoms with Crippen molar-refractivity contribution in [3.05, 3.63) is 39.9 Å². The zero-order chi connectivity index (χ0) is 13.4. The van der Waals surface area contributed by atoms with Crippen LogP contribution in [-0.2, 0) is 9.59 Å². The Morgan fingerprint density at radius 2 is 1.50 bits per heavy atom. The highest BCUT2D eigenvalue weighted by molar-refractivity contribution is 6.43. The third kappa shape index (κ3) is 1.98. The average molecular weight is 286 g/mol. The van der Waals surface area contributed by atoms with Gasteiger partial charge >= 0.3 is 5.97 Å². The van der Waals surface area contributed by atoms with E-state index >= 15 is 0 Å². The van der Waals surface area contributed by atoms with Gasteiger partial charge in [0.15, 0.2) is 0 Å². The fourth-order valence-corrected chi connectivity index (χ4v) is 2.18. The van der Waals surface area contributed by atoms with E-state index in [-0.39, 0.29) is 21.3 Å². The highest BCUT2D eigenvalue weighted by Gasteiger charge is 2.29. The highest BCUT2D eigenvalue weighted by Crippen LogP contribution is 2.36. The van der Waals surface area contributed by atoms with Gasteiger partial charge in [-0.1, -0.05) is 23.2 Å². The maximum Gasteiger partial charge on any atom is 0.335 e. The largest absolute Gasteiger partial charge is 0.478 e. The molecule has 5 nitrogen and oxygen atoms in total. The number of imide groups is 1. The van der Waals surface area contributed by atoms with Crippen molar-refractivity contribution in [1.29, 1.82) is 0 Å². The monoisotopic (exact) mass is 285 g/mol. The van der Waals surface area contributed by atoms with E-state index in [1.165, 1.54) is 0 Å². The molecule has 0 radical (unpaired) electrons. The molecule has 18 heavy (non-hydrogen) atoms. The fourth-order valence-electron chi connectivity index (χ4n) is 1.52. The van der Waals surface area contributed by atoms with Gasteiger partial charge in [-0.3, -0.25) is 9.59 Å². The fraction of sp³-hybridized carbons (Fsp3) is 0. The number of rotatable bonds is 2. The van der Waals surface area contributed by atoms with E-state index < -0.39 is 17.8 Å². The summed E-state index contributed by atoms with van der Waals surface area (Å²) >= 11 is 11.7. The summed E-state index contributed by atoms with van der Waals surface area (Å²) in [5.74, 6) is -2.36. The van der Waals surface area contributed by atoms with Crippen molar-refractivity contribution in [2.75, 3.05) is 4.90 Å². The number of carbonyl (C=O) groups is 3. The predicted molar refractivity (Wildman–Crippen MR) is 65.1 cm³/mol. The molecule has 92 valence electrons. The van der Waals surface area contributed by atoms with Gasteiger partial charge in [-0.05, 0) is 12.1 Å². The summed E-state index contributed by atoms with van der Waals surface area (Å²) in [5, 5.41) is 8.66. The molecule has 7 heteroatoms. The Morgan fingerprint density at radius 3 is 1.89 bits per heavy atom. The molecular formula is C11H5Cl2NO4. The van der Waals surface area contributed by atoms with E-state index in [0.717, 1.165) is 29.2 Å². The first-order chi connectivity index (χ1) is 8.41. The van der Waals surface area contributed by atoms with Crippen LogP contribution in [0.1, 0.15) is 10.4 Å². The lowest BCUT2D eigenvalue weighted by Crippen LogP contribution is -2.30. The molecule has 0 fully saturated rings. The maximum atomic E-state index is 11.5.